The van der Waals surface area contributed by atoms with Crippen molar-refractivity contribution in [1.29, 1.82) is 1.43 Å². The summed E-state index contributed by atoms with van der Waals surface area (Å²) in [6.45, 7) is 2.65. The van der Waals surface area contributed by atoms with E-state index in [0.717, 1.165) is 12.8 Å². The number of hydrogen-bond donors (Lipinski definition) is 1. The zero-order valence-corrected chi connectivity index (χ0v) is 7.20. The third kappa shape index (κ3) is 29.0. The van der Waals surface area contributed by atoms with E-state index in [4.69, 9.17) is 1.43 Å². The van der Waals surface area contributed by atoms with E-state index in [9.17, 15) is 0 Å². The highest BCUT2D eigenvalue weighted by molar-refractivity contribution is 5.86. The molecule has 0 aliphatic carbocycles. The summed E-state index contributed by atoms with van der Waals surface area (Å²) < 4.78 is 6.21. The molecular weight excluding hydrogens is 170 g/mol. The summed E-state index contributed by atoms with van der Waals surface area (Å²) in [6, 6.07) is 0. The second-order valence-electron chi connectivity index (χ2n) is 1.06. The summed E-state index contributed by atoms with van der Waals surface area (Å²) in [6.07, 6.45) is 2.11. The molecule has 0 saturated heterocycles. The fourth-order valence-corrected chi connectivity index (χ4v) is 0.144. The summed E-state index contributed by atoms with van der Waals surface area (Å²) in [7, 11) is 0. The van der Waals surface area contributed by atoms with E-state index in [1.165, 1.54) is 0 Å². The van der Waals surface area contributed by atoms with Crippen LogP contribution in [0.25, 0.3) is 0 Å². The molecule has 0 rings (SSSR count). The molecule has 0 heterocycles. The van der Waals surface area contributed by atoms with Crippen LogP contribution in [0.3, 0.4) is 0 Å². The van der Waals surface area contributed by atoms with Gasteiger partial charge in [0.2, 0.25) is 1.43 Å². The van der Waals surface area contributed by atoms with Gasteiger partial charge in [0, 0.05) is 6.61 Å². The molecule has 0 atom stereocenters. The van der Waals surface area contributed by atoms with E-state index in [1.54, 1.807) is 0 Å². The fourth-order valence-electron chi connectivity index (χ4n) is 0.144. The first kappa shape index (κ1) is 15.9. The molecule has 0 aromatic heterocycles. The number of aliphatic hydroxyl groups is 1. The average molecular weight is 186 g/mol. The van der Waals surface area contributed by atoms with E-state index in [2.05, 4.69) is 12.0 Å². The Balaban J connectivity index is -0.0000000417. The smallest absolute Gasteiger partial charge is 0.210 e. The average Bonchev–Trinajstić information content (AvgIpc) is 1.61. The minimum absolute atomic E-state index is 0. The van der Waals surface area contributed by atoms with Crippen LogP contribution in [-0.4, -0.2) is 13.1 Å². The molecule has 0 saturated carbocycles. The standard InChI is InChI=1S/C4H10O.3ClH/c1-2-3-4-5;;;/h5H,2-4H2,1H3;3*1H/i5T;;;. The summed E-state index contributed by atoms with van der Waals surface area (Å²) in [5.74, 6) is 0. The Hall–Kier alpha value is 0.830. The number of aliphatic hydroxyl groups excluding tert-OH is 1. The normalized spacial score (nSPS) is 6.88. The maximum Gasteiger partial charge on any atom is 0.210 e. The van der Waals surface area contributed by atoms with Crippen LogP contribution in [0.4, 0.5) is 0 Å². The largest absolute Gasteiger partial charge is 0.396 e. The SMILES string of the molecule is Cl.Cl.Cl.[3H]OCCCC. The van der Waals surface area contributed by atoms with Gasteiger partial charge in [-0.15, -0.1) is 37.2 Å². The Morgan fingerprint density at radius 3 is 2.00 bits per heavy atom. The molecule has 0 amide bonds. The van der Waals surface area contributed by atoms with E-state index in [0.29, 0.717) is 6.61 Å². The predicted octanol–water partition coefficient (Wildman–Crippen LogP) is 2.04. The molecule has 0 aromatic rings. The van der Waals surface area contributed by atoms with Crippen LogP contribution in [0, 0.1) is 0 Å². The van der Waals surface area contributed by atoms with Crippen LogP contribution in [0.15, 0.2) is 0 Å². The first-order valence-corrected chi connectivity index (χ1v) is 2.00. The molecule has 4 heteroatoms. The van der Waals surface area contributed by atoms with Crippen molar-refractivity contribution in [1.82, 2.24) is 0 Å². The summed E-state index contributed by atoms with van der Waals surface area (Å²) in [4.78, 5) is 0. The van der Waals surface area contributed by atoms with Gasteiger partial charge >= 0.3 is 0 Å². The van der Waals surface area contributed by atoms with Crippen molar-refractivity contribution in [3.63, 3.8) is 0 Å². The minimum atomic E-state index is 0. The Bertz CT molecular complexity index is 27.8. The maximum atomic E-state index is 6.21. The number of rotatable bonds is 3. The lowest BCUT2D eigenvalue weighted by molar-refractivity contribution is 0.287. The molecule has 0 aromatic carbocycles. The first-order valence-electron chi connectivity index (χ1n) is 2.40. The van der Waals surface area contributed by atoms with E-state index >= 15 is 0 Å². The number of halogens is 3. The predicted molar refractivity (Wildman–Crippen MR) is 43.7 cm³/mol. The lowest BCUT2D eigenvalue weighted by Crippen LogP contribution is -1.75. The molecule has 0 bridgehead atoms. The summed E-state index contributed by atoms with van der Waals surface area (Å²) >= 11 is 0. The third-order valence-electron chi connectivity index (χ3n) is 0.498. The van der Waals surface area contributed by atoms with Gasteiger partial charge in [0.1, 0.15) is 0 Å². The van der Waals surface area contributed by atoms with Crippen molar-refractivity contribution in [3.8, 4) is 0 Å². The lowest BCUT2D eigenvalue weighted by Gasteiger charge is -1.79. The van der Waals surface area contributed by atoms with Gasteiger partial charge in [-0.25, -0.2) is 0 Å². The van der Waals surface area contributed by atoms with Crippen LogP contribution in [0.5, 0.6) is 0 Å². The fraction of sp³-hybridized carbons (Fsp3) is 1.00. The van der Waals surface area contributed by atoms with Crippen molar-refractivity contribution < 1.29 is 5.11 Å². The van der Waals surface area contributed by atoms with E-state index in [1.807, 2.05) is 0 Å². The zero-order valence-electron chi connectivity index (χ0n) is 5.75. The molecule has 1 N–H and O–H groups in total. The molecule has 0 unspecified atom stereocenters. The van der Waals surface area contributed by atoms with Crippen LogP contribution >= 0.6 is 37.2 Å². The number of unbranched alkanes of at least 4 members (excludes halogenated alkanes) is 1. The van der Waals surface area contributed by atoms with Crippen molar-refractivity contribution >= 4 is 37.2 Å². The Kier molecular flexibility index (Phi) is 49.6. The summed E-state index contributed by atoms with van der Waals surface area (Å²) in [5, 5.41) is 4.03. The van der Waals surface area contributed by atoms with Crippen molar-refractivity contribution in [2.75, 3.05) is 6.61 Å². The number of hydrogen-bond acceptors (Lipinski definition) is 1. The monoisotopic (exact) mass is 184 g/mol. The maximum absolute atomic E-state index is 6.21. The molecule has 8 heavy (non-hydrogen) atoms. The van der Waals surface area contributed by atoms with E-state index in [-0.39, 0.29) is 37.2 Å². The highest BCUT2D eigenvalue weighted by Crippen LogP contribution is 1.78. The molecule has 1 nitrogen and oxygen atoms in total. The highest BCUT2D eigenvalue weighted by Gasteiger charge is 1.69. The van der Waals surface area contributed by atoms with Gasteiger partial charge < -0.3 is 5.11 Å². The van der Waals surface area contributed by atoms with Crippen molar-refractivity contribution in [3.05, 3.63) is 0 Å². The molecule has 56 valence electrons. The van der Waals surface area contributed by atoms with Gasteiger partial charge in [0.25, 0.3) is 0 Å². The van der Waals surface area contributed by atoms with Crippen LogP contribution in [-0.2, 0) is 0 Å². The molecular formula is C4H13Cl3O. The van der Waals surface area contributed by atoms with Gasteiger partial charge in [-0.05, 0) is 6.42 Å². The first-order chi connectivity index (χ1) is 2.91. The molecule has 0 spiro atoms. The van der Waals surface area contributed by atoms with Crippen LogP contribution in [0.1, 0.15) is 19.8 Å². The van der Waals surface area contributed by atoms with Gasteiger partial charge in [-0.1, -0.05) is 13.3 Å². The van der Waals surface area contributed by atoms with Gasteiger partial charge in [-0.3, -0.25) is 0 Å². The molecule has 0 aliphatic heterocycles. The minimum Gasteiger partial charge on any atom is -0.396 e. The highest BCUT2D eigenvalue weighted by atomic mass is 35.5. The Labute approximate surface area is 70.6 Å². The topological polar surface area (TPSA) is 20.2 Å². The third-order valence-corrected chi connectivity index (χ3v) is 0.498. The second kappa shape index (κ2) is 24.9. The quantitative estimate of drug-likeness (QED) is 0.667. The van der Waals surface area contributed by atoms with Crippen molar-refractivity contribution in [2.45, 2.75) is 19.8 Å². The van der Waals surface area contributed by atoms with Gasteiger partial charge in [-0.2, -0.15) is 0 Å². The molecule has 0 radical (unpaired) electrons. The van der Waals surface area contributed by atoms with Gasteiger partial charge in [0.05, 0.1) is 0 Å². The van der Waals surface area contributed by atoms with Crippen LogP contribution in [0.2, 0.25) is 0 Å². The molecule has 0 aliphatic rings. The van der Waals surface area contributed by atoms with E-state index < -0.39 is 0 Å². The Morgan fingerprint density at radius 1 is 1.38 bits per heavy atom. The zero-order chi connectivity index (χ0) is 4.83. The summed E-state index contributed by atoms with van der Waals surface area (Å²) in [5.41, 5.74) is 0. The van der Waals surface area contributed by atoms with Crippen molar-refractivity contribution in [2.24, 2.45) is 0 Å². The Morgan fingerprint density at radius 2 is 1.88 bits per heavy atom. The van der Waals surface area contributed by atoms with Crippen LogP contribution < -0.4 is 0 Å². The second-order valence-corrected chi connectivity index (χ2v) is 1.06. The molecule has 0 fully saturated rings. The van der Waals surface area contributed by atoms with Gasteiger partial charge in [0.15, 0.2) is 0 Å². The lowest BCUT2D eigenvalue weighted by atomic mass is 10.4.